The molecule has 2 heterocycles. The van der Waals surface area contributed by atoms with E-state index in [0.717, 1.165) is 11.8 Å². The monoisotopic (exact) mass is 560 g/mol. The van der Waals surface area contributed by atoms with Gasteiger partial charge in [-0.2, -0.15) is 18.3 Å². The molecule has 1 atom stereocenters. The van der Waals surface area contributed by atoms with Crippen LogP contribution in [0.1, 0.15) is 62.4 Å². The van der Waals surface area contributed by atoms with Crippen LogP contribution in [0.4, 0.5) is 17.6 Å². The van der Waals surface area contributed by atoms with Gasteiger partial charge in [-0.3, -0.25) is 19.0 Å². The number of sulfonamides is 1. The van der Waals surface area contributed by atoms with Crippen LogP contribution in [-0.4, -0.2) is 47.7 Å². The van der Waals surface area contributed by atoms with Gasteiger partial charge in [-0.1, -0.05) is 13.0 Å². The van der Waals surface area contributed by atoms with E-state index >= 15 is 0 Å². The average Bonchev–Trinajstić information content (AvgIpc) is 3.18. The van der Waals surface area contributed by atoms with Crippen LogP contribution in [0.25, 0.3) is 0 Å². The SMILES string of the molecule is CC1CC(F)=CC=C1Cn1nc(C(F)(F)F)c2c1CN(C(=O)CC1CCC(C(=O)NS(C)(=O)=O)CC1)CC2. The third kappa shape index (κ3) is 6.65. The summed E-state index contributed by atoms with van der Waals surface area (Å²) in [4.78, 5) is 26.8. The van der Waals surface area contributed by atoms with Crippen LogP contribution < -0.4 is 4.72 Å². The molecule has 1 fully saturated rings. The second kappa shape index (κ2) is 10.8. The Balaban J connectivity index is 1.43. The Morgan fingerprint density at radius 3 is 2.45 bits per heavy atom. The average molecular weight is 561 g/mol. The van der Waals surface area contributed by atoms with E-state index in [1.807, 2.05) is 11.6 Å². The lowest BCUT2D eigenvalue weighted by Crippen LogP contribution is -2.39. The lowest BCUT2D eigenvalue weighted by Gasteiger charge is -2.32. The van der Waals surface area contributed by atoms with Crippen LogP contribution in [0, 0.1) is 17.8 Å². The van der Waals surface area contributed by atoms with Gasteiger partial charge in [0, 0.05) is 30.9 Å². The highest BCUT2D eigenvalue weighted by Crippen LogP contribution is 2.37. The Kier molecular flexibility index (Phi) is 8.06. The van der Waals surface area contributed by atoms with E-state index in [2.05, 4.69) is 5.10 Å². The third-order valence-corrected chi connectivity index (χ3v) is 8.24. The summed E-state index contributed by atoms with van der Waals surface area (Å²) < 4.78 is 80.8. The van der Waals surface area contributed by atoms with Crippen molar-refractivity contribution in [3.05, 3.63) is 40.5 Å². The molecule has 4 rings (SSSR count). The standard InChI is InChI=1S/C25H32F4N4O4S/c1-15-11-19(26)8-7-18(15)13-33-21-14-32(10-9-20(21)23(30-33)25(27,28)29)22(34)12-16-3-5-17(6-4-16)24(35)31-38(2,36)37/h7-8,15-17H,3-6,9-14H2,1-2H3,(H,31,35). The number of nitrogens with zero attached hydrogens (tertiary/aromatic N) is 3. The van der Waals surface area contributed by atoms with Gasteiger partial charge < -0.3 is 4.90 Å². The van der Waals surface area contributed by atoms with E-state index in [-0.39, 0.29) is 68.0 Å². The summed E-state index contributed by atoms with van der Waals surface area (Å²) in [5.41, 5.74) is 0.285. The molecule has 2 amide bonds. The van der Waals surface area contributed by atoms with Crippen LogP contribution in [-0.2, 0) is 45.3 Å². The lowest BCUT2D eigenvalue weighted by molar-refractivity contribution is -0.142. The van der Waals surface area contributed by atoms with E-state index in [4.69, 9.17) is 0 Å². The van der Waals surface area contributed by atoms with E-state index in [1.54, 1.807) is 11.0 Å². The topological polar surface area (TPSA) is 101 Å². The molecule has 1 aromatic heterocycles. The molecule has 1 saturated carbocycles. The highest BCUT2D eigenvalue weighted by molar-refractivity contribution is 7.89. The fourth-order valence-corrected chi connectivity index (χ4v) is 6.09. The number of allylic oxidation sites excluding steroid dienone is 4. The van der Waals surface area contributed by atoms with Crippen LogP contribution in [0.3, 0.4) is 0 Å². The Morgan fingerprint density at radius 1 is 1.16 bits per heavy atom. The first-order chi connectivity index (χ1) is 17.7. The van der Waals surface area contributed by atoms with E-state index in [0.29, 0.717) is 31.4 Å². The molecule has 0 spiro atoms. The van der Waals surface area contributed by atoms with Gasteiger partial charge >= 0.3 is 6.18 Å². The zero-order valence-corrected chi connectivity index (χ0v) is 22.2. The number of amides is 2. The van der Waals surface area contributed by atoms with E-state index in [1.165, 1.54) is 10.8 Å². The number of fused-ring (bicyclic) bond motifs is 1. The highest BCUT2D eigenvalue weighted by atomic mass is 32.2. The first-order valence-electron chi connectivity index (χ1n) is 12.7. The van der Waals surface area contributed by atoms with Gasteiger partial charge in [-0.05, 0) is 55.6 Å². The fraction of sp³-hybridized carbons (Fsp3) is 0.640. The van der Waals surface area contributed by atoms with Crippen molar-refractivity contribution in [1.29, 1.82) is 0 Å². The summed E-state index contributed by atoms with van der Waals surface area (Å²) in [6.07, 6.45) is 1.74. The minimum absolute atomic E-state index is 0.00915. The van der Waals surface area contributed by atoms with Gasteiger partial charge in [-0.15, -0.1) is 0 Å². The zero-order valence-electron chi connectivity index (χ0n) is 21.4. The Bertz CT molecular complexity index is 1260. The summed E-state index contributed by atoms with van der Waals surface area (Å²) in [6, 6.07) is 0. The molecule has 8 nitrogen and oxygen atoms in total. The number of aromatic nitrogens is 2. The first-order valence-corrected chi connectivity index (χ1v) is 14.6. The molecule has 1 aliphatic heterocycles. The number of alkyl halides is 3. The number of hydrogen-bond donors (Lipinski definition) is 1. The van der Waals surface area contributed by atoms with Gasteiger partial charge in [-0.25, -0.2) is 12.8 Å². The van der Waals surface area contributed by atoms with Crippen LogP contribution in [0.15, 0.2) is 23.6 Å². The van der Waals surface area contributed by atoms with Gasteiger partial charge in [0.1, 0.15) is 5.83 Å². The van der Waals surface area contributed by atoms with E-state index < -0.39 is 33.7 Å². The Morgan fingerprint density at radius 2 is 1.84 bits per heavy atom. The molecule has 210 valence electrons. The van der Waals surface area contributed by atoms with Crippen molar-refractivity contribution in [2.45, 2.75) is 71.1 Å². The summed E-state index contributed by atoms with van der Waals surface area (Å²) in [7, 11) is -3.63. The predicted octanol–water partition coefficient (Wildman–Crippen LogP) is 3.88. The summed E-state index contributed by atoms with van der Waals surface area (Å²) >= 11 is 0. The maximum Gasteiger partial charge on any atom is 0.435 e. The zero-order chi connectivity index (χ0) is 27.8. The smallest absolute Gasteiger partial charge is 0.336 e. The molecule has 0 aromatic carbocycles. The third-order valence-electron chi connectivity index (χ3n) is 7.67. The van der Waals surface area contributed by atoms with Gasteiger partial charge in [0.15, 0.2) is 5.69 Å². The summed E-state index contributed by atoms with van der Waals surface area (Å²) in [5, 5.41) is 3.89. The molecule has 1 aromatic rings. The lowest BCUT2D eigenvalue weighted by atomic mass is 9.80. The molecule has 38 heavy (non-hydrogen) atoms. The van der Waals surface area contributed by atoms with Crippen molar-refractivity contribution in [3.63, 3.8) is 0 Å². The number of nitrogens with one attached hydrogen (secondary N) is 1. The van der Waals surface area contributed by atoms with Crippen molar-refractivity contribution in [2.24, 2.45) is 17.8 Å². The van der Waals surface area contributed by atoms with Crippen LogP contribution in [0.2, 0.25) is 0 Å². The number of carbonyl (C=O) groups is 2. The maximum atomic E-state index is 13.7. The number of halogens is 4. The molecule has 3 aliphatic rings. The first kappa shape index (κ1) is 28.3. The number of rotatable bonds is 6. The van der Waals surface area contributed by atoms with Crippen LogP contribution >= 0.6 is 0 Å². The molecular formula is C25H32F4N4O4S. The minimum atomic E-state index is -4.62. The normalized spacial score (nSPS) is 24.4. The maximum absolute atomic E-state index is 13.7. The number of carbonyl (C=O) groups excluding carboxylic acids is 2. The second-order valence-corrected chi connectivity index (χ2v) is 12.4. The van der Waals surface area contributed by atoms with Gasteiger partial charge in [0.2, 0.25) is 21.8 Å². The number of hydrogen-bond acceptors (Lipinski definition) is 5. The highest BCUT2D eigenvalue weighted by Gasteiger charge is 2.41. The molecule has 0 bridgehead atoms. The molecule has 13 heteroatoms. The predicted molar refractivity (Wildman–Crippen MR) is 130 cm³/mol. The van der Waals surface area contributed by atoms with Gasteiger partial charge in [0.25, 0.3) is 0 Å². The van der Waals surface area contributed by atoms with Crippen molar-refractivity contribution in [3.8, 4) is 0 Å². The summed E-state index contributed by atoms with van der Waals surface area (Å²) in [5.74, 6) is -1.57. The largest absolute Gasteiger partial charge is 0.435 e. The summed E-state index contributed by atoms with van der Waals surface area (Å²) in [6.45, 7) is 2.06. The molecular weight excluding hydrogens is 528 g/mol. The van der Waals surface area contributed by atoms with Crippen molar-refractivity contribution < 1.29 is 35.6 Å². The van der Waals surface area contributed by atoms with Crippen LogP contribution in [0.5, 0.6) is 0 Å². The van der Waals surface area contributed by atoms with Gasteiger partial charge in [0.05, 0.1) is 25.0 Å². The molecule has 2 aliphatic carbocycles. The minimum Gasteiger partial charge on any atom is -0.336 e. The molecule has 1 unspecified atom stereocenters. The van der Waals surface area contributed by atoms with Crippen molar-refractivity contribution in [1.82, 2.24) is 19.4 Å². The molecule has 1 N–H and O–H groups in total. The molecule has 0 saturated heterocycles. The Hall–Kier alpha value is -2.70. The molecule has 0 radical (unpaired) electrons. The fourth-order valence-electron chi connectivity index (χ4n) is 5.56. The van der Waals surface area contributed by atoms with Crippen molar-refractivity contribution >= 4 is 21.8 Å². The second-order valence-electron chi connectivity index (χ2n) is 10.6. The Labute approximate surface area is 219 Å². The van der Waals surface area contributed by atoms with Crippen molar-refractivity contribution in [2.75, 3.05) is 12.8 Å². The quantitative estimate of drug-likeness (QED) is 0.533. The van der Waals surface area contributed by atoms with E-state index in [9.17, 15) is 35.6 Å².